The molecule has 1 aliphatic heterocycles. The molecule has 1 amide bonds. The van der Waals surface area contributed by atoms with Gasteiger partial charge in [0.05, 0.1) is 17.0 Å². The van der Waals surface area contributed by atoms with E-state index in [2.05, 4.69) is 26.2 Å². The van der Waals surface area contributed by atoms with Gasteiger partial charge in [0, 0.05) is 17.5 Å². The minimum atomic E-state index is -0.0422. The number of para-hydroxylation sites is 1. The number of nitrogens with zero attached hydrogens (tertiary/aromatic N) is 4. The number of benzene rings is 2. The molecule has 2 aromatic carbocycles. The summed E-state index contributed by atoms with van der Waals surface area (Å²) in [7, 11) is 0. The lowest BCUT2D eigenvalue weighted by Gasteiger charge is -2.13. The second-order valence-electron chi connectivity index (χ2n) is 6.63. The molecule has 1 unspecified atom stereocenters. The summed E-state index contributed by atoms with van der Waals surface area (Å²) < 4.78 is 1.72. The fourth-order valence-electron chi connectivity index (χ4n) is 3.23. The average molecular weight is 395 g/mol. The van der Waals surface area contributed by atoms with Crippen LogP contribution < -0.4 is 10.6 Å². The Morgan fingerprint density at radius 2 is 2.00 bits per heavy atom. The van der Waals surface area contributed by atoms with Crippen molar-refractivity contribution < 1.29 is 4.79 Å². The van der Waals surface area contributed by atoms with Crippen LogP contribution in [0.15, 0.2) is 59.5 Å². The highest BCUT2D eigenvalue weighted by Gasteiger charge is 2.17. The lowest BCUT2D eigenvalue weighted by molar-refractivity contribution is 0.0947. The quantitative estimate of drug-likeness (QED) is 0.599. The molecule has 1 atom stereocenters. The van der Waals surface area contributed by atoms with E-state index in [1.165, 1.54) is 6.42 Å². The van der Waals surface area contributed by atoms with E-state index in [9.17, 15) is 4.79 Å². The van der Waals surface area contributed by atoms with Crippen molar-refractivity contribution in [3.63, 3.8) is 0 Å². The molecule has 3 aromatic rings. The van der Waals surface area contributed by atoms with Gasteiger partial charge in [-0.3, -0.25) is 4.79 Å². The molecule has 7 nitrogen and oxygen atoms in total. The topological polar surface area (TPSA) is 84.7 Å². The van der Waals surface area contributed by atoms with Crippen LogP contribution in [0.1, 0.15) is 29.0 Å². The maximum Gasteiger partial charge on any atom is 0.252 e. The van der Waals surface area contributed by atoms with E-state index in [4.69, 9.17) is 0 Å². The van der Waals surface area contributed by atoms with Gasteiger partial charge in [0.1, 0.15) is 0 Å². The number of hydrogen-bond acceptors (Lipinski definition) is 6. The number of nitrogens with one attached hydrogen (secondary N) is 2. The number of rotatable bonds is 7. The Morgan fingerprint density at radius 3 is 2.82 bits per heavy atom. The van der Waals surface area contributed by atoms with Gasteiger partial charge in [-0.2, -0.15) is 4.68 Å². The van der Waals surface area contributed by atoms with E-state index >= 15 is 0 Å². The van der Waals surface area contributed by atoms with Crippen molar-refractivity contribution in [3.05, 3.63) is 66.0 Å². The summed E-state index contributed by atoms with van der Waals surface area (Å²) in [5.74, 6) is 1.26. The van der Waals surface area contributed by atoms with Crippen LogP contribution in [-0.2, 0) is 5.75 Å². The highest BCUT2D eigenvalue weighted by atomic mass is 32.2. The maximum absolute atomic E-state index is 12.7. The molecular weight excluding hydrogens is 372 g/mol. The SMILES string of the molecule is O=C(NCC1CCCN1)c1ccccc1SCc1nnnn1-c1ccccc1. The van der Waals surface area contributed by atoms with Crippen LogP contribution in [0.3, 0.4) is 0 Å². The van der Waals surface area contributed by atoms with Gasteiger partial charge in [0.15, 0.2) is 5.82 Å². The molecule has 0 spiro atoms. The summed E-state index contributed by atoms with van der Waals surface area (Å²) in [6.45, 7) is 1.69. The van der Waals surface area contributed by atoms with Crippen LogP contribution in [0.25, 0.3) is 5.69 Å². The van der Waals surface area contributed by atoms with Crippen molar-refractivity contribution in [2.45, 2.75) is 29.5 Å². The second kappa shape index (κ2) is 8.99. The Morgan fingerprint density at radius 1 is 1.18 bits per heavy atom. The standard InChI is InChI=1S/C20H22N6OS/c27-20(22-13-15-7-6-12-21-15)17-10-4-5-11-18(17)28-14-19-23-24-25-26(19)16-8-2-1-3-9-16/h1-5,8-11,15,21H,6-7,12-14H2,(H,22,27). The molecule has 2 heterocycles. The highest BCUT2D eigenvalue weighted by Crippen LogP contribution is 2.26. The first-order valence-corrected chi connectivity index (χ1v) is 10.4. The molecule has 2 N–H and O–H groups in total. The number of carbonyl (C=O) groups excluding carboxylic acids is 1. The van der Waals surface area contributed by atoms with E-state index in [0.717, 1.165) is 29.4 Å². The summed E-state index contributed by atoms with van der Waals surface area (Å²) in [5, 5.41) is 18.5. The van der Waals surface area contributed by atoms with E-state index in [1.807, 2.05) is 54.6 Å². The van der Waals surface area contributed by atoms with E-state index in [-0.39, 0.29) is 5.91 Å². The van der Waals surface area contributed by atoms with E-state index < -0.39 is 0 Å². The number of carbonyl (C=O) groups is 1. The largest absolute Gasteiger partial charge is 0.350 e. The van der Waals surface area contributed by atoms with Gasteiger partial charge in [-0.05, 0) is 54.1 Å². The summed E-state index contributed by atoms with van der Waals surface area (Å²) in [6, 6.07) is 17.8. The minimum absolute atomic E-state index is 0.0422. The fourth-order valence-corrected chi connectivity index (χ4v) is 4.19. The van der Waals surface area contributed by atoms with Gasteiger partial charge in [-0.1, -0.05) is 30.3 Å². The van der Waals surface area contributed by atoms with Crippen molar-refractivity contribution in [1.82, 2.24) is 30.8 Å². The smallest absolute Gasteiger partial charge is 0.252 e. The number of tetrazole rings is 1. The van der Waals surface area contributed by atoms with Gasteiger partial charge in [0.2, 0.25) is 0 Å². The van der Waals surface area contributed by atoms with Gasteiger partial charge in [-0.25, -0.2) is 0 Å². The highest BCUT2D eigenvalue weighted by molar-refractivity contribution is 7.98. The normalized spacial score (nSPS) is 16.2. The Balaban J connectivity index is 1.43. The second-order valence-corrected chi connectivity index (χ2v) is 7.65. The zero-order valence-corrected chi connectivity index (χ0v) is 16.2. The van der Waals surface area contributed by atoms with Crippen molar-refractivity contribution >= 4 is 17.7 Å². The predicted octanol–water partition coefficient (Wildman–Crippen LogP) is 2.44. The first kappa shape index (κ1) is 18.6. The zero-order chi connectivity index (χ0) is 19.2. The molecule has 1 fully saturated rings. The molecule has 0 saturated carbocycles. The molecule has 1 saturated heterocycles. The molecule has 144 valence electrons. The third-order valence-corrected chi connectivity index (χ3v) is 5.76. The predicted molar refractivity (Wildman–Crippen MR) is 109 cm³/mol. The van der Waals surface area contributed by atoms with Crippen LogP contribution in [0.5, 0.6) is 0 Å². The zero-order valence-electron chi connectivity index (χ0n) is 15.4. The monoisotopic (exact) mass is 394 g/mol. The Labute approximate surface area is 167 Å². The van der Waals surface area contributed by atoms with Crippen molar-refractivity contribution in [2.75, 3.05) is 13.1 Å². The Hall–Kier alpha value is -2.71. The summed E-state index contributed by atoms with van der Waals surface area (Å²) in [5.41, 5.74) is 1.60. The fraction of sp³-hybridized carbons (Fsp3) is 0.300. The first-order valence-electron chi connectivity index (χ1n) is 9.37. The lowest BCUT2D eigenvalue weighted by Crippen LogP contribution is -2.37. The van der Waals surface area contributed by atoms with Crippen LogP contribution >= 0.6 is 11.8 Å². The van der Waals surface area contributed by atoms with Crippen molar-refractivity contribution in [2.24, 2.45) is 0 Å². The number of thioether (sulfide) groups is 1. The molecule has 8 heteroatoms. The van der Waals surface area contributed by atoms with E-state index in [0.29, 0.717) is 23.9 Å². The molecule has 1 aromatic heterocycles. The van der Waals surface area contributed by atoms with Crippen molar-refractivity contribution in [1.29, 1.82) is 0 Å². The van der Waals surface area contributed by atoms with Crippen molar-refractivity contribution in [3.8, 4) is 5.69 Å². The van der Waals surface area contributed by atoms with Crippen LogP contribution in [-0.4, -0.2) is 45.2 Å². The average Bonchev–Trinajstić information content (AvgIpc) is 3.43. The number of hydrogen-bond donors (Lipinski definition) is 2. The van der Waals surface area contributed by atoms with Gasteiger partial charge in [0.25, 0.3) is 5.91 Å². The molecule has 0 radical (unpaired) electrons. The maximum atomic E-state index is 12.7. The lowest BCUT2D eigenvalue weighted by atomic mass is 10.2. The molecule has 0 aliphatic carbocycles. The molecule has 0 bridgehead atoms. The molecule has 1 aliphatic rings. The van der Waals surface area contributed by atoms with Gasteiger partial charge < -0.3 is 10.6 Å². The minimum Gasteiger partial charge on any atom is -0.350 e. The van der Waals surface area contributed by atoms with Crippen LogP contribution in [0.2, 0.25) is 0 Å². The summed E-state index contributed by atoms with van der Waals surface area (Å²) >= 11 is 1.56. The number of amides is 1. The summed E-state index contributed by atoms with van der Waals surface area (Å²) in [6.07, 6.45) is 2.28. The van der Waals surface area contributed by atoms with Gasteiger partial charge >= 0.3 is 0 Å². The van der Waals surface area contributed by atoms with Crippen LogP contribution in [0.4, 0.5) is 0 Å². The molecule has 4 rings (SSSR count). The first-order chi connectivity index (χ1) is 13.8. The Bertz CT molecular complexity index is 923. The third-order valence-electron chi connectivity index (χ3n) is 4.69. The number of aromatic nitrogens is 4. The molecular formula is C20H22N6OS. The summed E-state index contributed by atoms with van der Waals surface area (Å²) in [4.78, 5) is 13.6. The van der Waals surface area contributed by atoms with E-state index in [1.54, 1.807) is 16.4 Å². The third kappa shape index (κ3) is 4.40. The van der Waals surface area contributed by atoms with Crippen LogP contribution in [0, 0.1) is 0 Å². The van der Waals surface area contributed by atoms with Gasteiger partial charge in [-0.15, -0.1) is 16.9 Å². The Kier molecular flexibility index (Phi) is 5.98. The molecule has 28 heavy (non-hydrogen) atoms.